The standard InChI is InChI=1S/C13H18ClNO4S/c1-4-15(5-6-19-3)13(16)11-7-10(2)8-12(9-11)20(14,17)18/h7-9H,4-6H2,1-3H3. The van der Waals surface area contributed by atoms with E-state index in [4.69, 9.17) is 15.4 Å². The first-order chi connectivity index (χ1) is 9.29. The first-order valence-electron chi connectivity index (χ1n) is 6.14. The van der Waals surface area contributed by atoms with Gasteiger partial charge in [0.2, 0.25) is 0 Å². The van der Waals surface area contributed by atoms with Crippen molar-refractivity contribution < 1.29 is 17.9 Å². The summed E-state index contributed by atoms with van der Waals surface area (Å²) in [4.78, 5) is 13.9. The lowest BCUT2D eigenvalue weighted by atomic mass is 10.1. The zero-order valence-corrected chi connectivity index (χ0v) is 13.3. The van der Waals surface area contributed by atoms with Gasteiger partial charge in [-0.05, 0) is 37.6 Å². The summed E-state index contributed by atoms with van der Waals surface area (Å²) < 4.78 is 27.7. The molecule has 0 atom stereocenters. The molecule has 0 aliphatic heterocycles. The molecule has 0 unspecified atom stereocenters. The lowest BCUT2D eigenvalue weighted by molar-refractivity contribution is 0.0706. The average molecular weight is 320 g/mol. The molecule has 1 aromatic carbocycles. The number of hydrogen-bond donors (Lipinski definition) is 0. The topological polar surface area (TPSA) is 63.7 Å². The van der Waals surface area contributed by atoms with Gasteiger partial charge >= 0.3 is 0 Å². The second kappa shape index (κ2) is 7.06. The van der Waals surface area contributed by atoms with Crippen molar-refractivity contribution in [2.75, 3.05) is 26.8 Å². The Morgan fingerprint density at radius 3 is 2.50 bits per heavy atom. The Hall–Kier alpha value is -1.11. The van der Waals surface area contributed by atoms with Gasteiger partial charge in [0, 0.05) is 36.4 Å². The SMILES string of the molecule is CCN(CCOC)C(=O)c1cc(C)cc(S(=O)(=O)Cl)c1. The normalized spacial score (nSPS) is 11.4. The third-order valence-electron chi connectivity index (χ3n) is 2.81. The van der Waals surface area contributed by atoms with Crippen molar-refractivity contribution in [3.8, 4) is 0 Å². The zero-order valence-electron chi connectivity index (χ0n) is 11.7. The van der Waals surface area contributed by atoms with Crippen molar-refractivity contribution in [3.63, 3.8) is 0 Å². The van der Waals surface area contributed by atoms with Crippen LogP contribution in [0.4, 0.5) is 0 Å². The highest BCUT2D eigenvalue weighted by molar-refractivity contribution is 8.13. The molecular weight excluding hydrogens is 302 g/mol. The second-order valence-corrected chi connectivity index (χ2v) is 6.92. The number of amides is 1. The van der Waals surface area contributed by atoms with Gasteiger partial charge in [-0.3, -0.25) is 4.79 Å². The average Bonchev–Trinajstić information content (AvgIpc) is 2.37. The fourth-order valence-electron chi connectivity index (χ4n) is 1.80. The highest BCUT2D eigenvalue weighted by Crippen LogP contribution is 2.19. The van der Waals surface area contributed by atoms with E-state index in [9.17, 15) is 13.2 Å². The highest BCUT2D eigenvalue weighted by atomic mass is 35.7. The molecule has 0 aliphatic carbocycles. The number of nitrogens with zero attached hydrogens (tertiary/aromatic N) is 1. The number of rotatable bonds is 6. The number of ether oxygens (including phenoxy) is 1. The van der Waals surface area contributed by atoms with E-state index in [1.165, 1.54) is 12.1 Å². The summed E-state index contributed by atoms with van der Waals surface area (Å²) in [5.74, 6) is -0.241. The van der Waals surface area contributed by atoms with E-state index in [1.807, 2.05) is 6.92 Å². The molecule has 1 aromatic rings. The molecule has 0 saturated heterocycles. The number of halogens is 1. The molecule has 0 saturated carbocycles. The van der Waals surface area contributed by atoms with Crippen molar-refractivity contribution >= 4 is 25.6 Å². The molecule has 5 nitrogen and oxygen atoms in total. The molecule has 0 fully saturated rings. The van der Waals surface area contributed by atoms with Crippen LogP contribution in [0.3, 0.4) is 0 Å². The van der Waals surface area contributed by atoms with Crippen LogP contribution in [0.15, 0.2) is 23.1 Å². The Balaban J connectivity index is 3.12. The lowest BCUT2D eigenvalue weighted by Crippen LogP contribution is -2.33. The minimum atomic E-state index is -3.85. The number of carbonyl (C=O) groups excluding carboxylic acids is 1. The fraction of sp³-hybridized carbons (Fsp3) is 0.462. The van der Waals surface area contributed by atoms with Crippen molar-refractivity contribution in [2.24, 2.45) is 0 Å². The Kier molecular flexibility index (Phi) is 5.98. The summed E-state index contributed by atoms with van der Waals surface area (Å²) in [5, 5.41) is 0. The van der Waals surface area contributed by atoms with Gasteiger partial charge in [-0.25, -0.2) is 8.42 Å². The summed E-state index contributed by atoms with van der Waals surface area (Å²) in [7, 11) is 3.04. The van der Waals surface area contributed by atoms with Crippen molar-refractivity contribution in [1.29, 1.82) is 0 Å². The van der Waals surface area contributed by atoms with E-state index in [0.29, 0.717) is 30.8 Å². The molecule has 0 radical (unpaired) electrons. The molecule has 7 heteroatoms. The summed E-state index contributed by atoms with van der Waals surface area (Å²) in [5.41, 5.74) is 0.972. The van der Waals surface area contributed by atoms with E-state index in [1.54, 1.807) is 25.0 Å². The van der Waals surface area contributed by atoms with Crippen molar-refractivity contribution in [3.05, 3.63) is 29.3 Å². The van der Waals surface area contributed by atoms with Gasteiger partial charge in [-0.1, -0.05) is 0 Å². The molecule has 0 aromatic heterocycles. The number of aryl methyl sites for hydroxylation is 1. The van der Waals surface area contributed by atoms with Gasteiger partial charge in [0.15, 0.2) is 0 Å². The minimum absolute atomic E-state index is 0.0645. The molecule has 1 amide bonds. The van der Waals surface area contributed by atoms with E-state index in [0.717, 1.165) is 0 Å². The maximum atomic E-state index is 12.3. The third-order valence-corrected chi connectivity index (χ3v) is 4.15. The Morgan fingerprint density at radius 2 is 2.00 bits per heavy atom. The first kappa shape index (κ1) is 16.9. The molecule has 1 rings (SSSR count). The van der Waals surface area contributed by atoms with Gasteiger partial charge < -0.3 is 9.64 Å². The van der Waals surface area contributed by atoms with E-state index in [2.05, 4.69) is 0 Å². The van der Waals surface area contributed by atoms with Crippen LogP contribution in [-0.2, 0) is 13.8 Å². The Labute approximate surface area is 123 Å². The first-order valence-corrected chi connectivity index (χ1v) is 8.45. The van der Waals surface area contributed by atoms with Gasteiger partial charge in [0.25, 0.3) is 15.0 Å². The van der Waals surface area contributed by atoms with Crippen LogP contribution in [0.1, 0.15) is 22.8 Å². The maximum absolute atomic E-state index is 12.3. The van der Waals surface area contributed by atoms with Gasteiger partial charge in [-0.15, -0.1) is 0 Å². The van der Waals surface area contributed by atoms with Crippen molar-refractivity contribution in [1.82, 2.24) is 4.90 Å². The molecule has 20 heavy (non-hydrogen) atoms. The summed E-state index contributed by atoms with van der Waals surface area (Å²) >= 11 is 0. The van der Waals surface area contributed by atoms with E-state index < -0.39 is 9.05 Å². The zero-order chi connectivity index (χ0) is 15.3. The van der Waals surface area contributed by atoms with E-state index >= 15 is 0 Å². The van der Waals surface area contributed by atoms with E-state index in [-0.39, 0.29) is 10.8 Å². The lowest BCUT2D eigenvalue weighted by Gasteiger charge is -2.20. The quantitative estimate of drug-likeness (QED) is 0.753. The van der Waals surface area contributed by atoms with Crippen molar-refractivity contribution in [2.45, 2.75) is 18.7 Å². The monoisotopic (exact) mass is 319 g/mol. The summed E-state index contributed by atoms with van der Waals surface area (Å²) in [6.45, 7) is 4.95. The minimum Gasteiger partial charge on any atom is -0.383 e. The predicted octanol–water partition coefficient (Wildman–Crippen LogP) is 2.03. The van der Waals surface area contributed by atoms with Gasteiger partial charge in [0.1, 0.15) is 0 Å². The number of carbonyl (C=O) groups is 1. The molecule has 0 N–H and O–H groups in total. The Bertz CT molecular complexity index is 586. The van der Waals surface area contributed by atoms with Crippen LogP contribution in [0.25, 0.3) is 0 Å². The number of methoxy groups -OCH3 is 1. The smallest absolute Gasteiger partial charge is 0.261 e. The second-order valence-electron chi connectivity index (χ2n) is 4.35. The third kappa shape index (κ3) is 4.47. The number of hydrogen-bond acceptors (Lipinski definition) is 4. The Morgan fingerprint density at radius 1 is 1.35 bits per heavy atom. The van der Waals surface area contributed by atoms with Crippen LogP contribution >= 0.6 is 10.7 Å². The van der Waals surface area contributed by atoms with Crippen LogP contribution in [0.5, 0.6) is 0 Å². The molecule has 0 aliphatic rings. The fourth-order valence-corrected chi connectivity index (χ4v) is 2.66. The van der Waals surface area contributed by atoms with Crippen LogP contribution < -0.4 is 0 Å². The summed E-state index contributed by atoms with van der Waals surface area (Å²) in [6, 6.07) is 4.38. The van der Waals surface area contributed by atoms with Gasteiger partial charge in [0.05, 0.1) is 11.5 Å². The molecule has 0 heterocycles. The number of benzene rings is 1. The molecule has 0 spiro atoms. The number of likely N-dealkylation sites (N-methyl/N-ethyl adjacent to an activating group) is 1. The van der Waals surface area contributed by atoms with Crippen LogP contribution in [-0.4, -0.2) is 46.0 Å². The van der Waals surface area contributed by atoms with Crippen LogP contribution in [0, 0.1) is 6.92 Å². The largest absolute Gasteiger partial charge is 0.383 e. The summed E-state index contributed by atoms with van der Waals surface area (Å²) in [6.07, 6.45) is 0. The highest BCUT2D eigenvalue weighted by Gasteiger charge is 2.18. The molecule has 0 bridgehead atoms. The molecular formula is C13H18ClNO4S. The van der Waals surface area contributed by atoms with Gasteiger partial charge in [-0.2, -0.15) is 0 Å². The maximum Gasteiger partial charge on any atom is 0.261 e. The predicted molar refractivity (Wildman–Crippen MR) is 77.7 cm³/mol. The van der Waals surface area contributed by atoms with Crippen LogP contribution in [0.2, 0.25) is 0 Å². The molecule has 112 valence electrons.